The van der Waals surface area contributed by atoms with E-state index >= 15 is 0 Å². The molecule has 0 radical (unpaired) electrons. The minimum absolute atomic E-state index is 0. The largest absolute Gasteiger partial charge is 2.00 e. The van der Waals surface area contributed by atoms with Crippen LogP contribution in [0.3, 0.4) is 0 Å². The van der Waals surface area contributed by atoms with Gasteiger partial charge in [0.1, 0.15) is 0 Å². The maximum absolute atomic E-state index is 5.27. The predicted molar refractivity (Wildman–Crippen MR) is 39.0 cm³/mol. The first kappa shape index (κ1) is 22.5. The molecule has 0 heterocycles. The summed E-state index contributed by atoms with van der Waals surface area (Å²) in [6, 6.07) is 0. The van der Waals surface area contributed by atoms with Crippen molar-refractivity contribution < 1.29 is 24.8 Å². The predicted octanol–water partition coefficient (Wildman–Crippen LogP) is -4.85. The van der Waals surface area contributed by atoms with Crippen molar-refractivity contribution in [3.8, 4) is 0 Å². The third-order valence-electron chi connectivity index (χ3n) is 1.06. The number of hydrogen-bond donors (Lipinski definition) is 1. The van der Waals surface area contributed by atoms with Crippen LogP contribution in [-0.4, -0.2) is 29.6 Å². The van der Waals surface area contributed by atoms with E-state index in [0.29, 0.717) is 0 Å². The van der Waals surface area contributed by atoms with Gasteiger partial charge in [0, 0.05) is 0 Å². The van der Waals surface area contributed by atoms with Gasteiger partial charge < -0.3 is 30.5 Å². The molecule has 60 valence electrons. The maximum Gasteiger partial charge on any atom is 2.00 e. The monoisotopic (exact) mass is 195 g/mol. The summed E-state index contributed by atoms with van der Waals surface area (Å²) in [6.07, 6.45) is 5.16. The summed E-state index contributed by atoms with van der Waals surface area (Å²) in [5.74, 6) is 0. The molecule has 0 rings (SSSR count). The topological polar surface area (TPSA) is 26.0 Å². The van der Waals surface area contributed by atoms with Gasteiger partial charge in [-0.15, -0.1) is 0 Å². The molecular weight excluding hydrogens is 181 g/mol. The molecule has 1 nitrogen and oxygen atoms in total. The van der Waals surface area contributed by atoms with E-state index in [-0.39, 0.29) is 47.9 Å². The van der Waals surface area contributed by atoms with Gasteiger partial charge in [0.25, 0.3) is 0 Å². The Balaban J connectivity index is -0.0000000600. The number of halogens is 2. The Kier molecular flexibility index (Phi) is 50.5. The Labute approximate surface area is 92.5 Å². The Hall–Kier alpha value is 1.31. The third-order valence-corrected chi connectivity index (χ3v) is 1.06. The summed E-state index contributed by atoms with van der Waals surface area (Å²) in [6.45, 7) is 3.07. The molecule has 0 aliphatic carbocycles. The second kappa shape index (κ2) is 22.4. The van der Waals surface area contributed by atoms with Gasteiger partial charge in [0.05, 0.1) is 0 Å². The molecule has 0 aromatic rings. The molecular formula is C6H15Cl2MgN. The van der Waals surface area contributed by atoms with Crippen molar-refractivity contribution in [2.24, 2.45) is 5.73 Å². The van der Waals surface area contributed by atoms with Crippen molar-refractivity contribution in [3.05, 3.63) is 0 Å². The molecule has 4 heteroatoms. The Bertz CT molecular complexity index is 34.9. The van der Waals surface area contributed by atoms with Gasteiger partial charge in [-0.05, 0) is 13.0 Å². The van der Waals surface area contributed by atoms with Crippen molar-refractivity contribution in [1.29, 1.82) is 0 Å². The SMILES string of the molecule is CCCCCCN.[Cl-].[Cl-].[Mg+2]. The fourth-order valence-corrected chi connectivity index (χ4v) is 0.571. The molecule has 0 fully saturated rings. The molecule has 10 heavy (non-hydrogen) atoms. The van der Waals surface area contributed by atoms with E-state index in [0.717, 1.165) is 6.54 Å². The van der Waals surface area contributed by atoms with E-state index in [9.17, 15) is 0 Å². The van der Waals surface area contributed by atoms with E-state index < -0.39 is 0 Å². The van der Waals surface area contributed by atoms with Crippen LogP contribution in [0.5, 0.6) is 0 Å². The van der Waals surface area contributed by atoms with Crippen molar-refractivity contribution in [3.63, 3.8) is 0 Å². The molecule has 0 unspecified atom stereocenters. The summed E-state index contributed by atoms with van der Waals surface area (Å²) in [5, 5.41) is 0. The number of hydrogen-bond acceptors (Lipinski definition) is 1. The van der Waals surface area contributed by atoms with Gasteiger partial charge >= 0.3 is 23.1 Å². The van der Waals surface area contributed by atoms with Crippen LogP contribution in [0.1, 0.15) is 32.6 Å². The van der Waals surface area contributed by atoms with Crippen molar-refractivity contribution in [2.45, 2.75) is 32.6 Å². The molecule has 0 atom stereocenters. The van der Waals surface area contributed by atoms with E-state index in [1.165, 1.54) is 25.7 Å². The summed E-state index contributed by atoms with van der Waals surface area (Å²) in [4.78, 5) is 0. The summed E-state index contributed by atoms with van der Waals surface area (Å²) in [7, 11) is 0. The Morgan fingerprint density at radius 3 is 1.80 bits per heavy atom. The molecule has 0 spiro atoms. The Morgan fingerprint density at radius 1 is 1.00 bits per heavy atom. The van der Waals surface area contributed by atoms with Crippen LogP contribution in [0.25, 0.3) is 0 Å². The van der Waals surface area contributed by atoms with Gasteiger partial charge in [-0.25, -0.2) is 0 Å². The van der Waals surface area contributed by atoms with Crippen LogP contribution in [0, 0.1) is 0 Å². The maximum atomic E-state index is 5.27. The molecule has 0 saturated carbocycles. The van der Waals surface area contributed by atoms with Gasteiger partial charge in [-0.1, -0.05) is 26.2 Å². The van der Waals surface area contributed by atoms with Crippen molar-refractivity contribution in [1.82, 2.24) is 0 Å². The standard InChI is InChI=1S/C6H15N.2ClH.Mg/c1-2-3-4-5-6-7;;;/h2-7H2,1H3;2*1H;/q;;;+2/p-2. The van der Waals surface area contributed by atoms with Gasteiger partial charge in [-0.2, -0.15) is 0 Å². The van der Waals surface area contributed by atoms with Crippen LogP contribution < -0.4 is 30.5 Å². The number of unbranched alkanes of at least 4 members (excludes halogenated alkanes) is 3. The second-order valence-electron chi connectivity index (χ2n) is 1.85. The second-order valence-corrected chi connectivity index (χ2v) is 1.85. The normalized spacial score (nSPS) is 6.60. The third kappa shape index (κ3) is 22.8. The minimum atomic E-state index is 0. The fourth-order valence-electron chi connectivity index (χ4n) is 0.571. The number of rotatable bonds is 4. The minimum Gasteiger partial charge on any atom is -1.00 e. The van der Waals surface area contributed by atoms with E-state index in [4.69, 9.17) is 5.73 Å². The summed E-state index contributed by atoms with van der Waals surface area (Å²) in [5.41, 5.74) is 5.27. The molecule has 0 bridgehead atoms. The molecule has 2 N–H and O–H groups in total. The van der Waals surface area contributed by atoms with Gasteiger partial charge in [-0.3, -0.25) is 0 Å². The molecule has 0 amide bonds. The first-order valence-corrected chi connectivity index (χ1v) is 3.12. The van der Waals surface area contributed by atoms with Crippen molar-refractivity contribution in [2.75, 3.05) is 6.54 Å². The zero-order chi connectivity index (χ0) is 5.54. The Morgan fingerprint density at radius 2 is 1.50 bits per heavy atom. The first-order chi connectivity index (χ1) is 3.41. The van der Waals surface area contributed by atoms with E-state index in [1.807, 2.05) is 0 Å². The zero-order valence-corrected chi connectivity index (χ0v) is 9.50. The summed E-state index contributed by atoms with van der Waals surface area (Å²) < 4.78 is 0. The average Bonchev–Trinajstić information content (AvgIpc) is 1.69. The first-order valence-electron chi connectivity index (χ1n) is 3.12. The average molecular weight is 196 g/mol. The molecule has 0 aliphatic heterocycles. The van der Waals surface area contributed by atoms with Crippen LogP contribution >= 0.6 is 0 Å². The smallest absolute Gasteiger partial charge is 1.00 e. The van der Waals surface area contributed by atoms with Crippen molar-refractivity contribution >= 4 is 23.1 Å². The van der Waals surface area contributed by atoms with Crippen LogP contribution in [0.15, 0.2) is 0 Å². The van der Waals surface area contributed by atoms with E-state index in [2.05, 4.69) is 6.92 Å². The zero-order valence-electron chi connectivity index (χ0n) is 6.58. The molecule has 0 aromatic heterocycles. The van der Waals surface area contributed by atoms with Crippen LogP contribution in [0.4, 0.5) is 0 Å². The summed E-state index contributed by atoms with van der Waals surface area (Å²) >= 11 is 0. The molecule has 0 aliphatic rings. The molecule has 0 aromatic carbocycles. The quantitative estimate of drug-likeness (QED) is 0.354. The van der Waals surface area contributed by atoms with Gasteiger partial charge in [0.15, 0.2) is 0 Å². The number of nitrogens with two attached hydrogens (primary N) is 1. The van der Waals surface area contributed by atoms with Crippen LogP contribution in [-0.2, 0) is 0 Å². The van der Waals surface area contributed by atoms with E-state index in [1.54, 1.807) is 0 Å². The fraction of sp³-hybridized carbons (Fsp3) is 1.00. The van der Waals surface area contributed by atoms with Gasteiger partial charge in [0.2, 0.25) is 0 Å². The molecule has 0 saturated heterocycles. The van der Waals surface area contributed by atoms with Crippen LogP contribution in [0.2, 0.25) is 0 Å².